The second kappa shape index (κ2) is 4.93. The first kappa shape index (κ1) is 12.4. The summed E-state index contributed by atoms with van der Waals surface area (Å²) in [6.45, 7) is 6.03. The summed E-state index contributed by atoms with van der Waals surface area (Å²) in [5, 5.41) is 0. The van der Waals surface area contributed by atoms with Crippen LogP contribution in [0.4, 0.5) is 0 Å². The van der Waals surface area contributed by atoms with Crippen molar-refractivity contribution in [1.82, 2.24) is 0 Å². The zero-order valence-electron chi connectivity index (χ0n) is 9.51. The molecule has 1 aromatic carbocycles. The predicted molar refractivity (Wildman–Crippen MR) is 67.1 cm³/mol. The Labute approximate surface area is 100 Å². The maximum Gasteiger partial charge on any atom is 0.142 e. The molecule has 0 saturated heterocycles. The lowest BCUT2D eigenvalue weighted by molar-refractivity contribution is -0.123. The summed E-state index contributed by atoms with van der Waals surface area (Å²) in [7, 11) is 0. The Hall–Kier alpha value is -0.630. The molecule has 1 rings (SSSR count). The van der Waals surface area contributed by atoms with E-state index in [1.807, 2.05) is 45.0 Å². The molecule has 0 aromatic heterocycles. The molecule has 0 unspecified atom stereocenters. The zero-order chi connectivity index (χ0) is 11.5. The van der Waals surface area contributed by atoms with Gasteiger partial charge in [0, 0.05) is 16.3 Å². The average molecular weight is 269 g/mol. The van der Waals surface area contributed by atoms with Gasteiger partial charge in [0.05, 0.1) is 0 Å². The Bertz CT molecular complexity index is 338. The van der Waals surface area contributed by atoms with Gasteiger partial charge in [-0.25, -0.2) is 0 Å². The standard InChI is InChI=1S/C13H17BrO/c1-4-5-12(15)13(2,3)10-6-8-11(14)9-7-10/h6-9H,4-5H2,1-3H3. The highest BCUT2D eigenvalue weighted by atomic mass is 79.9. The smallest absolute Gasteiger partial charge is 0.142 e. The van der Waals surface area contributed by atoms with Gasteiger partial charge < -0.3 is 0 Å². The molecule has 0 radical (unpaired) electrons. The summed E-state index contributed by atoms with van der Waals surface area (Å²) >= 11 is 3.40. The van der Waals surface area contributed by atoms with Gasteiger partial charge in [-0.15, -0.1) is 0 Å². The van der Waals surface area contributed by atoms with Crippen molar-refractivity contribution in [2.24, 2.45) is 0 Å². The van der Waals surface area contributed by atoms with Crippen LogP contribution in [0.25, 0.3) is 0 Å². The molecule has 0 aliphatic carbocycles. The van der Waals surface area contributed by atoms with E-state index in [1.165, 1.54) is 0 Å². The summed E-state index contributed by atoms with van der Waals surface area (Å²) in [4.78, 5) is 11.9. The van der Waals surface area contributed by atoms with Gasteiger partial charge in [-0.1, -0.05) is 35.0 Å². The van der Waals surface area contributed by atoms with Crippen molar-refractivity contribution < 1.29 is 4.79 Å². The lowest BCUT2D eigenvalue weighted by atomic mass is 9.79. The van der Waals surface area contributed by atoms with Crippen molar-refractivity contribution in [3.05, 3.63) is 34.3 Å². The number of carbonyl (C=O) groups excluding carboxylic acids is 1. The summed E-state index contributed by atoms with van der Waals surface area (Å²) in [6.07, 6.45) is 1.57. The van der Waals surface area contributed by atoms with Crippen LogP contribution in [0.15, 0.2) is 28.7 Å². The Kier molecular flexibility index (Phi) is 4.09. The monoisotopic (exact) mass is 268 g/mol. The van der Waals surface area contributed by atoms with Gasteiger partial charge in [-0.3, -0.25) is 4.79 Å². The fourth-order valence-electron chi connectivity index (χ4n) is 1.57. The van der Waals surface area contributed by atoms with Crippen LogP contribution in [0.1, 0.15) is 39.2 Å². The Morgan fingerprint density at radius 3 is 2.27 bits per heavy atom. The van der Waals surface area contributed by atoms with E-state index in [2.05, 4.69) is 15.9 Å². The van der Waals surface area contributed by atoms with Crippen LogP contribution in [0.5, 0.6) is 0 Å². The molecular formula is C13H17BrO. The highest BCUT2D eigenvalue weighted by Crippen LogP contribution is 2.27. The molecule has 0 fully saturated rings. The van der Waals surface area contributed by atoms with E-state index in [1.54, 1.807) is 0 Å². The van der Waals surface area contributed by atoms with Crippen molar-refractivity contribution in [3.8, 4) is 0 Å². The third kappa shape index (κ3) is 2.91. The third-order valence-corrected chi connectivity index (χ3v) is 3.27. The molecule has 0 spiro atoms. The number of ketones is 1. The van der Waals surface area contributed by atoms with Crippen LogP contribution in [-0.4, -0.2) is 5.78 Å². The minimum Gasteiger partial charge on any atom is -0.299 e. The fourth-order valence-corrected chi connectivity index (χ4v) is 1.83. The van der Waals surface area contributed by atoms with E-state index in [9.17, 15) is 4.79 Å². The second-order valence-electron chi connectivity index (χ2n) is 4.31. The molecule has 0 saturated carbocycles. The van der Waals surface area contributed by atoms with Crippen LogP contribution in [0, 0.1) is 0 Å². The minimum atomic E-state index is -0.364. The first-order valence-electron chi connectivity index (χ1n) is 5.28. The van der Waals surface area contributed by atoms with Crippen LogP contribution < -0.4 is 0 Å². The van der Waals surface area contributed by atoms with E-state index in [4.69, 9.17) is 0 Å². The minimum absolute atomic E-state index is 0.312. The predicted octanol–water partition coefficient (Wildman–Crippen LogP) is 4.10. The van der Waals surface area contributed by atoms with Crippen LogP contribution in [0.2, 0.25) is 0 Å². The molecule has 0 heterocycles. The maximum absolute atomic E-state index is 11.9. The topological polar surface area (TPSA) is 17.1 Å². The molecule has 15 heavy (non-hydrogen) atoms. The Morgan fingerprint density at radius 2 is 1.80 bits per heavy atom. The van der Waals surface area contributed by atoms with Crippen LogP contribution in [0.3, 0.4) is 0 Å². The maximum atomic E-state index is 11.9. The summed E-state index contributed by atoms with van der Waals surface area (Å²) in [5.41, 5.74) is 0.723. The molecule has 82 valence electrons. The van der Waals surface area contributed by atoms with Gasteiger partial charge >= 0.3 is 0 Å². The zero-order valence-corrected chi connectivity index (χ0v) is 11.1. The number of hydrogen-bond acceptors (Lipinski definition) is 1. The van der Waals surface area contributed by atoms with Gasteiger partial charge in [0.1, 0.15) is 5.78 Å². The van der Waals surface area contributed by atoms with Crippen molar-refractivity contribution in [2.75, 3.05) is 0 Å². The van der Waals surface area contributed by atoms with E-state index < -0.39 is 0 Å². The first-order valence-corrected chi connectivity index (χ1v) is 6.07. The lowest BCUT2D eigenvalue weighted by Crippen LogP contribution is -2.28. The van der Waals surface area contributed by atoms with Gasteiger partial charge in [0.2, 0.25) is 0 Å². The summed E-state index contributed by atoms with van der Waals surface area (Å²) in [5.74, 6) is 0.312. The lowest BCUT2D eigenvalue weighted by Gasteiger charge is -2.23. The first-order chi connectivity index (χ1) is 6.98. The molecule has 0 N–H and O–H groups in total. The van der Waals surface area contributed by atoms with Gasteiger partial charge in [-0.05, 0) is 38.0 Å². The Morgan fingerprint density at radius 1 is 1.27 bits per heavy atom. The van der Waals surface area contributed by atoms with Crippen molar-refractivity contribution in [1.29, 1.82) is 0 Å². The SMILES string of the molecule is CCCC(=O)C(C)(C)c1ccc(Br)cc1. The summed E-state index contributed by atoms with van der Waals surface area (Å²) < 4.78 is 1.05. The third-order valence-electron chi connectivity index (χ3n) is 2.74. The number of Topliss-reactive ketones (excluding diaryl/α,β-unsaturated/α-hetero) is 1. The van der Waals surface area contributed by atoms with E-state index in [0.29, 0.717) is 12.2 Å². The number of carbonyl (C=O) groups is 1. The van der Waals surface area contributed by atoms with Crippen LogP contribution in [-0.2, 0) is 10.2 Å². The highest BCUT2D eigenvalue weighted by Gasteiger charge is 2.28. The van der Waals surface area contributed by atoms with E-state index in [0.717, 1.165) is 16.5 Å². The molecular weight excluding hydrogens is 252 g/mol. The molecule has 1 aromatic rings. The van der Waals surface area contributed by atoms with Gasteiger partial charge in [0.25, 0.3) is 0 Å². The number of hydrogen-bond donors (Lipinski definition) is 0. The van der Waals surface area contributed by atoms with Crippen molar-refractivity contribution in [3.63, 3.8) is 0 Å². The van der Waals surface area contributed by atoms with Crippen molar-refractivity contribution in [2.45, 2.75) is 39.0 Å². The Balaban J connectivity index is 2.94. The fraction of sp³-hybridized carbons (Fsp3) is 0.462. The summed E-state index contributed by atoms with van der Waals surface area (Å²) in [6, 6.07) is 7.99. The van der Waals surface area contributed by atoms with E-state index >= 15 is 0 Å². The number of benzene rings is 1. The van der Waals surface area contributed by atoms with Gasteiger partial charge in [-0.2, -0.15) is 0 Å². The molecule has 0 aliphatic heterocycles. The normalized spacial score (nSPS) is 11.5. The second-order valence-corrected chi connectivity index (χ2v) is 5.22. The molecule has 1 nitrogen and oxygen atoms in total. The molecule has 0 aliphatic rings. The molecule has 2 heteroatoms. The largest absolute Gasteiger partial charge is 0.299 e. The number of rotatable bonds is 4. The van der Waals surface area contributed by atoms with Crippen LogP contribution >= 0.6 is 15.9 Å². The van der Waals surface area contributed by atoms with E-state index in [-0.39, 0.29) is 5.41 Å². The average Bonchev–Trinajstić information content (AvgIpc) is 2.18. The molecule has 0 atom stereocenters. The molecule has 0 amide bonds. The quantitative estimate of drug-likeness (QED) is 0.804. The van der Waals surface area contributed by atoms with Crippen molar-refractivity contribution >= 4 is 21.7 Å². The highest BCUT2D eigenvalue weighted by molar-refractivity contribution is 9.10. The van der Waals surface area contributed by atoms with Gasteiger partial charge in [0.15, 0.2) is 0 Å². The molecule has 0 bridgehead atoms. The number of halogens is 1.